The van der Waals surface area contributed by atoms with E-state index in [1.54, 1.807) is 0 Å². The highest BCUT2D eigenvalue weighted by Gasteiger charge is 2.20. The Hall–Kier alpha value is -3.22. The molecule has 1 atom stereocenters. The molecule has 1 unspecified atom stereocenters. The topological polar surface area (TPSA) is 63.1 Å². The van der Waals surface area contributed by atoms with Gasteiger partial charge in [-0.2, -0.15) is 10.2 Å². The summed E-state index contributed by atoms with van der Waals surface area (Å²) in [5.41, 5.74) is 5.12. The molecule has 0 aromatic carbocycles. The van der Waals surface area contributed by atoms with E-state index in [1.165, 1.54) is 5.56 Å². The van der Waals surface area contributed by atoms with Gasteiger partial charge < -0.3 is 4.40 Å². The largest absolute Gasteiger partial charge is 0.307 e. The normalized spacial score (nSPS) is 17.0. The molecule has 0 saturated carbocycles. The van der Waals surface area contributed by atoms with Crippen molar-refractivity contribution in [2.45, 2.75) is 19.3 Å². The zero-order chi connectivity index (χ0) is 17.5. The molecule has 0 aliphatic carbocycles. The van der Waals surface area contributed by atoms with Gasteiger partial charge in [0.25, 0.3) is 0 Å². The molecule has 1 aliphatic rings. The van der Waals surface area contributed by atoms with Crippen molar-refractivity contribution >= 4 is 17.5 Å². The minimum atomic E-state index is 0.233. The van der Waals surface area contributed by atoms with Gasteiger partial charge in [-0.15, -0.1) is 0 Å². The summed E-state index contributed by atoms with van der Waals surface area (Å²) >= 11 is 0. The van der Waals surface area contributed by atoms with Crippen molar-refractivity contribution in [1.82, 2.24) is 29.0 Å². The molecule has 0 amide bonds. The van der Waals surface area contributed by atoms with Gasteiger partial charge in [0.05, 0.1) is 23.5 Å². The first kappa shape index (κ1) is 15.1. The molecule has 130 valence electrons. The van der Waals surface area contributed by atoms with E-state index in [9.17, 15) is 0 Å². The highest BCUT2D eigenvalue weighted by Crippen LogP contribution is 2.20. The zero-order valence-corrected chi connectivity index (χ0v) is 14.5. The van der Waals surface area contributed by atoms with E-state index in [4.69, 9.17) is 5.10 Å². The number of hydrogen-bond donors (Lipinski definition) is 0. The summed E-state index contributed by atoms with van der Waals surface area (Å²) in [6, 6.07) is 8.23. The Kier molecular flexibility index (Phi) is 3.44. The van der Waals surface area contributed by atoms with Gasteiger partial charge in [-0.1, -0.05) is 6.07 Å². The minimum Gasteiger partial charge on any atom is -0.307 e. The number of pyridine rings is 1. The van der Waals surface area contributed by atoms with E-state index < -0.39 is 0 Å². The van der Waals surface area contributed by atoms with Crippen molar-refractivity contribution in [2.24, 2.45) is 5.10 Å². The second kappa shape index (κ2) is 5.94. The third-order valence-electron chi connectivity index (χ3n) is 4.85. The maximum absolute atomic E-state index is 4.85. The Bertz CT molecular complexity index is 1110. The van der Waals surface area contributed by atoms with Crippen LogP contribution in [-0.2, 0) is 6.42 Å². The lowest BCUT2D eigenvalue weighted by atomic mass is 10.1. The SMILES string of the molecule is CCN1CC(c2ccc3ncc(Cc4ccc5nccn5c4)n3n2)C=N1. The van der Waals surface area contributed by atoms with Crippen LogP contribution >= 0.6 is 0 Å². The first-order chi connectivity index (χ1) is 12.8. The predicted molar refractivity (Wildman–Crippen MR) is 99.5 cm³/mol. The third-order valence-corrected chi connectivity index (χ3v) is 4.85. The van der Waals surface area contributed by atoms with Crippen LogP contribution in [-0.4, -0.2) is 48.3 Å². The Morgan fingerprint density at radius 1 is 1.12 bits per heavy atom. The average Bonchev–Trinajstić information content (AvgIpc) is 3.40. The van der Waals surface area contributed by atoms with E-state index in [1.807, 2.05) is 45.9 Å². The summed E-state index contributed by atoms with van der Waals surface area (Å²) in [6.07, 6.45) is 10.5. The molecule has 0 fully saturated rings. The fourth-order valence-corrected chi connectivity index (χ4v) is 3.41. The first-order valence-corrected chi connectivity index (χ1v) is 8.84. The van der Waals surface area contributed by atoms with Gasteiger partial charge >= 0.3 is 0 Å². The molecule has 0 radical (unpaired) electrons. The van der Waals surface area contributed by atoms with Crippen LogP contribution in [0.25, 0.3) is 11.3 Å². The van der Waals surface area contributed by atoms with Gasteiger partial charge in [0.1, 0.15) is 5.65 Å². The number of imidazole rings is 2. The fraction of sp³-hybridized carbons (Fsp3) is 0.263. The summed E-state index contributed by atoms with van der Waals surface area (Å²) in [6.45, 7) is 3.92. The first-order valence-electron chi connectivity index (χ1n) is 8.84. The lowest BCUT2D eigenvalue weighted by molar-refractivity contribution is 0.326. The number of hydrazone groups is 1. The van der Waals surface area contributed by atoms with E-state index in [0.717, 1.165) is 42.2 Å². The summed E-state index contributed by atoms with van der Waals surface area (Å²) in [7, 11) is 0. The molecule has 0 spiro atoms. The van der Waals surface area contributed by atoms with Crippen LogP contribution in [0, 0.1) is 0 Å². The Balaban J connectivity index is 1.47. The number of rotatable bonds is 4. The Morgan fingerprint density at radius 3 is 2.92 bits per heavy atom. The zero-order valence-electron chi connectivity index (χ0n) is 14.5. The Labute approximate surface area is 150 Å². The van der Waals surface area contributed by atoms with Crippen molar-refractivity contribution in [3.63, 3.8) is 0 Å². The molecule has 26 heavy (non-hydrogen) atoms. The van der Waals surface area contributed by atoms with Gasteiger partial charge in [-0.3, -0.25) is 5.01 Å². The summed E-state index contributed by atoms with van der Waals surface area (Å²) in [4.78, 5) is 8.80. The van der Waals surface area contributed by atoms with Crippen LogP contribution in [0.3, 0.4) is 0 Å². The van der Waals surface area contributed by atoms with Crippen molar-refractivity contribution in [2.75, 3.05) is 13.1 Å². The standard InChI is InChI=1S/C19H19N7/c1-2-25-13-15(10-22-25)17-4-6-19-21-11-16(26(19)23-17)9-14-3-5-18-20-7-8-24(18)12-14/h3-8,10-12,15H,2,9,13H2,1H3. The quantitative estimate of drug-likeness (QED) is 0.570. The van der Waals surface area contributed by atoms with E-state index in [0.29, 0.717) is 0 Å². The van der Waals surface area contributed by atoms with E-state index in [-0.39, 0.29) is 5.92 Å². The van der Waals surface area contributed by atoms with Gasteiger partial charge in [-0.05, 0) is 30.7 Å². The molecule has 7 nitrogen and oxygen atoms in total. The van der Waals surface area contributed by atoms with Gasteiger partial charge in [-0.25, -0.2) is 14.5 Å². The van der Waals surface area contributed by atoms with Gasteiger partial charge in [0.15, 0.2) is 5.65 Å². The monoisotopic (exact) mass is 345 g/mol. The molecule has 0 bridgehead atoms. The molecule has 4 aromatic rings. The van der Waals surface area contributed by atoms with Crippen LogP contribution in [0.15, 0.2) is 54.2 Å². The number of fused-ring (bicyclic) bond motifs is 2. The number of hydrogen-bond acceptors (Lipinski definition) is 5. The van der Waals surface area contributed by atoms with Crippen molar-refractivity contribution in [1.29, 1.82) is 0 Å². The Morgan fingerprint density at radius 2 is 2.04 bits per heavy atom. The molecular weight excluding hydrogens is 326 g/mol. The third kappa shape index (κ3) is 2.52. The smallest absolute Gasteiger partial charge is 0.153 e. The molecular formula is C19H19N7. The highest BCUT2D eigenvalue weighted by atomic mass is 15.5. The molecule has 4 aromatic heterocycles. The molecule has 0 N–H and O–H groups in total. The summed E-state index contributed by atoms with van der Waals surface area (Å²) in [5, 5.41) is 11.3. The molecule has 1 aliphatic heterocycles. The van der Waals surface area contributed by atoms with Crippen LogP contribution in [0.1, 0.15) is 29.8 Å². The van der Waals surface area contributed by atoms with E-state index >= 15 is 0 Å². The second-order valence-corrected chi connectivity index (χ2v) is 6.56. The van der Waals surface area contributed by atoms with E-state index in [2.05, 4.69) is 45.3 Å². The van der Waals surface area contributed by atoms with Crippen molar-refractivity contribution < 1.29 is 0 Å². The summed E-state index contributed by atoms with van der Waals surface area (Å²) < 4.78 is 3.99. The molecule has 7 heteroatoms. The van der Waals surface area contributed by atoms with Crippen LogP contribution < -0.4 is 0 Å². The maximum Gasteiger partial charge on any atom is 0.153 e. The lowest BCUT2D eigenvalue weighted by Crippen LogP contribution is -2.18. The van der Waals surface area contributed by atoms with Crippen molar-refractivity contribution in [3.05, 3.63) is 66.0 Å². The maximum atomic E-state index is 4.85. The lowest BCUT2D eigenvalue weighted by Gasteiger charge is -2.13. The second-order valence-electron chi connectivity index (χ2n) is 6.56. The average molecular weight is 345 g/mol. The van der Waals surface area contributed by atoms with Gasteiger partial charge in [0.2, 0.25) is 0 Å². The molecule has 5 rings (SSSR count). The highest BCUT2D eigenvalue weighted by molar-refractivity contribution is 5.69. The van der Waals surface area contributed by atoms with Crippen LogP contribution in [0.5, 0.6) is 0 Å². The summed E-state index contributed by atoms with van der Waals surface area (Å²) in [5.74, 6) is 0.233. The van der Waals surface area contributed by atoms with Crippen molar-refractivity contribution in [3.8, 4) is 0 Å². The van der Waals surface area contributed by atoms with Gasteiger partial charge in [0, 0.05) is 44.3 Å². The minimum absolute atomic E-state index is 0.233. The number of likely N-dealkylation sites (N-methyl/N-ethyl adjacent to an activating group) is 1. The fourth-order valence-electron chi connectivity index (χ4n) is 3.41. The van der Waals surface area contributed by atoms with Crippen LogP contribution in [0.4, 0.5) is 0 Å². The van der Waals surface area contributed by atoms with Crippen LogP contribution in [0.2, 0.25) is 0 Å². The molecule has 5 heterocycles. The number of aromatic nitrogens is 5. The molecule has 0 saturated heterocycles. The number of nitrogens with zero attached hydrogens (tertiary/aromatic N) is 7. The predicted octanol–water partition coefficient (Wildman–Crippen LogP) is 2.37.